The second kappa shape index (κ2) is 7.19. The highest BCUT2D eigenvalue weighted by Crippen LogP contribution is 2.18. The number of carbonyl (C=O) groups excluding carboxylic acids is 1. The first-order chi connectivity index (χ1) is 10.8. The van der Waals surface area contributed by atoms with E-state index in [2.05, 4.69) is 25.0 Å². The smallest absolute Gasteiger partial charge is 0.252 e. The molecule has 2 aromatic rings. The molecule has 0 saturated heterocycles. The van der Waals surface area contributed by atoms with Gasteiger partial charge in [0.1, 0.15) is 5.75 Å². The molecule has 23 heavy (non-hydrogen) atoms. The summed E-state index contributed by atoms with van der Waals surface area (Å²) in [4.78, 5) is 12.7. The van der Waals surface area contributed by atoms with Crippen molar-refractivity contribution in [3.8, 4) is 5.75 Å². The van der Waals surface area contributed by atoms with Gasteiger partial charge in [-0.1, -0.05) is 55.5 Å². The minimum atomic E-state index is -1.66. The lowest BCUT2D eigenvalue weighted by molar-refractivity contribution is 0.0952. The van der Waals surface area contributed by atoms with E-state index >= 15 is 0 Å². The number of hydrogen-bond acceptors (Lipinski definition) is 2. The monoisotopic (exact) mass is 347 g/mol. The van der Waals surface area contributed by atoms with Crippen LogP contribution in [0.4, 0.5) is 0 Å². The van der Waals surface area contributed by atoms with E-state index in [0.29, 0.717) is 17.1 Å². The zero-order valence-electron chi connectivity index (χ0n) is 13.9. The molecule has 0 radical (unpaired) electrons. The third-order valence-electron chi connectivity index (χ3n) is 3.64. The summed E-state index contributed by atoms with van der Waals surface area (Å²) in [6.07, 6.45) is 0. The lowest BCUT2D eigenvalue weighted by Crippen LogP contribution is -2.43. The maximum Gasteiger partial charge on any atom is 0.252 e. The summed E-state index contributed by atoms with van der Waals surface area (Å²) in [6.45, 7) is 7.05. The zero-order chi connectivity index (χ0) is 17.0. The number of methoxy groups -OCH3 is 1. The van der Waals surface area contributed by atoms with E-state index in [0.717, 1.165) is 16.5 Å². The van der Waals surface area contributed by atoms with Crippen molar-refractivity contribution in [1.82, 2.24) is 5.32 Å². The molecule has 1 amide bonds. The Bertz CT molecular complexity index is 710. The highest BCUT2D eigenvalue weighted by molar-refractivity contribution is 6.89. The molecule has 2 rings (SSSR count). The Morgan fingerprint density at radius 2 is 1.87 bits per heavy atom. The molecule has 0 spiro atoms. The maximum absolute atomic E-state index is 12.7. The van der Waals surface area contributed by atoms with Crippen LogP contribution in [0.15, 0.2) is 42.5 Å². The van der Waals surface area contributed by atoms with E-state index in [4.69, 9.17) is 16.3 Å². The Hall–Kier alpha value is -1.78. The summed E-state index contributed by atoms with van der Waals surface area (Å²) in [7, 11) is -0.0337. The van der Waals surface area contributed by atoms with Gasteiger partial charge in [-0.05, 0) is 28.9 Å². The average molecular weight is 348 g/mol. The fraction of sp³-hybridized carbons (Fsp3) is 0.278. The average Bonchev–Trinajstić information content (AvgIpc) is 2.51. The second-order valence-corrected chi connectivity index (χ2v) is 11.9. The van der Waals surface area contributed by atoms with Crippen LogP contribution in [0, 0.1) is 0 Å². The topological polar surface area (TPSA) is 38.3 Å². The van der Waals surface area contributed by atoms with Gasteiger partial charge in [-0.15, -0.1) is 0 Å². The van der Waals surface area contributed by atoms with E-state index < -0.39 is 8.07 Å². The van der Waals surface area contributed by atoms with Crippen molar-refractivity contribution in [2.45, 2.75) is 26.2 Å². The van der Waals surface area contributed by atoms with Crippen LogP contribution in [0.25, 0.3) is 0 Å². The molecule has 3 nitrogen and oxygen atoms in total. The quantitative estimate of drug-likeness (QED) is 0.835. The standard InChI is InChI=1S/C18H22ClNO2Si/c1-22-14-8-5-7-13(11-14)12-20-18(21)17-15(19)9-6-10-16(17)23(2,3)4/h5-11H,12H2,1-4H3,(H,20,21). The van der Waals surface area contributed by atoms with E-state index in [9.17, 15) is 4.79 Å². The van der Waals surface area contributed by atoms with Gasteiger partial charge in [0.25, 0.3) is 5.91 Å². The van der Waals surface area contributed by atoms with Crippen LogP contribution in [0.3, 0.4) is 0 Å². The molecule has 0 saturated carbocycles. The number of rotatable bonds is 5. The number of ether oxygens (including phenoxy) is 1. The molecule has 1 N–H and O–H groups in total. The third kappa shape index (κ3) is 4.36. The molecule has 122 valence electrons. The Kier molecular flexibility index (Phi) is 5.49. The van der Waals surface area contributed by atoms with Crippen LogP contribution in [-0.4, -0.2) is 21.1 Å². The van der Waals surface area contributed by atoms with Crippen LogP contribution >= 0.6 is 11.6 Å². The van der Waals surface area contributed by atoms with Crippen LogP contribution in [0.2, 0.25) is 24.7 Å². The minimum Gasteiger partial charge on any atom is -0.497 e. The maximum atomic E-state index is 12.7. The fourth-order valence-corrected chi connectivity index (χ4v) is 4.37. The van der Waals surface area contributed by atoms with E-state index in [1.54, 1.807) is 13.2 Å². The van der Waals surface area contributed by atoms with Gasteiger partial charge in [0, 0.05) is 6.54 Å². The molecule has 2 aromatic carbocycles. The summed E-state index contributed by atoms with van der Waals surface area (Å²) in [5.74, 6) is 0.646. The van der Waals surface area contributed by atoms with E-state index in [-0.39, 0.29) is 5.91 Å². The van der Waals surface area contributed by atoms with Gasteiger partial charge in [-0.25, -0.2) is 0 Å². The van der Waals surface area contributed by atoms with Gasteiger partial charge in [0.05, 0.1) is 25.8 Å². The first-order valence-electron chi connectivity index (χ1n) is 7.53. The summed E-state index contributed by atoms with van der Waals surface area (Å²) < 4.78 is 5.20. The SMILES string of the molecule is COc1cccc(CNC(=O)c2c(Cl)cccc2[Si](C)(C)C)c1. The summed E-state index contributed by atoms with van der Waals surface area (Å²) >= 11 is 6.30. The van der Waals surface area contributed by atoms with Crippen LogP contribution in [0.1, 0.15) is 15.9 Å². The van der Waals surface area contributed by atoms with Crippen molar-refractivity contribution in [2.24, 2.45) is 0 Å². The summed E-state index contributed by atoms with van der Waals surface area (Å²) in [6, 6.07) is 13.3. The van der Waals surface area contributed by atoms with Crippen molar-refractivity contribution in [1.29, 1.82) is 0 Å². The van der Waals surface area contributed by atoms with Gasteiger partial charge in [0.15, 0.2) is 0 Å². The lowest BCUT2D eigenvalue weighted by Gasteiger charge is -2.21. The number of carbonyl (C=O) groups is 1. The van der Waals surface area contributed by atoms with Crippen LogP contribution in [0.5, 0.6) is 5.75 Å². The Balaban J connectivity index is 2.21. The van der Waals surface area contributed by atoms with Gasteiger partial charge >= 0.3 is 0 Å². The number of halogens is 1. The molecule has 0 unspecified atom stereocenters. The molecule has 0 bridgehead atoms. The van der Waals surface area contributed by atoms with Gasteiger partial charge in [-0.2, -0.15) is 0 Å². The zero-order valence-corrected chi connectivity index (χ0v) is 15.7. The molecule has 0 aromatic heterocycles. The van der Waals surface area contributed by atoms with Gasteiger partial charge in [0.2, 0.25) is 0 Å². The first-order valence-corrected chi connectivity index (χ1v) is 11.4. The largest absolute Gasteiger partial charge is 0.497 e. The van der Waals surface area contributed by atoms with Crippen LogP contribution < -0.4 is 15.2 Å². The Morgan fingerprint density at radius 3 is 2.52 bits per heavy atom. The molecular weight excluding hydrogens is 326 g/mol. The highest BCUT2D eigenvalue weighted by Gasteiger charge is 2.25. The lowest BCUT2D eigenvalue weighted by atomic mass is 10.2. The highest BCUT2D eigenvalue weighted by atomic mass is 35.5. The predicted molar refractivity (Wildman–Crippen MR) is 98.6 cm³/mol. The Morgan fingerprint density at radius 1 is 1.17 bits per heavy atom. The Labute approximate surface area is 143 Å². The molecule has 0 aliphatic carbocycles. The van der Waals surface area contributed by atoms with Crippen molar-refractivity contribution < 1.29 is 9.53 Å². The number of nitrogens with one attached hydrogen (secondary N) is 1. The van der Waals surface area contributed by atoms with E-state index in [1.165, 1.54) is 0 Å². The molecule has 0 atom stereocenters. The number of benzene rings is 2. The van der Waals surface area contributed by atoms with E-state index in [1.807, 2.05) is 36.4 Å². The second-order valence-electron chi connectivity index (χ2n) is 6.45. The number of hydrogen-bond donors (Lipinski definition) is 1. The van der Waals surface area contributed by atoms with Gasteiger partial charge < -0.3 is 10.1 Å². The predicted octanol–water partition coefficient (Wildman–Crippen LogP) is 3.82. The molecular formula is C18H22ClNO2Si. The number of amides is 1. The molecule has 0 heterocycles. The van der Waals surface area contributed by atoms with Gasteiger partial charge in [-0.3, -0.25) is 4.79 Å². The molecule has 0 fully saturated rings. The third-order valence-corrected chi connectivity index (χ3v) is 5.98. The summed E-state index contributed by atoms with van der Waals surface area (Å²) in [5.41, 5.74) is 1.59. The van der Waals surface area contributed by atoms with Crippen molar-refractivity contribution in [2.75, 3.05) is 7.11 Å². The molecule has 0 aliphatic rings. The fourth-order valence-electron chi connectivity index (χ4n) is 2.43. The first kappa shape index (κ1) is 17.6. The van der Waals surface area contributed by atoms with Crippen molar-refractivity contribution >= 4 is 30.8 Å². The molecule has 0 aliphatic heterocycles. The normalized spacial score (nSPS) is 11.2. The minimum absolute atomic E-state index is 0.129. The van der Waals surface area contributed by atoms with Crippen LogP contribution in [-0.2, 0) is 6.54 Å². The summed E-state index contributed by atoms with van der Waals surface area (Å²) in [5, 5.41) is 4.55. The molecule has 5 heteroatoms. The van der Waals surface area contributed by atoms with Crippen molar-refractivity contribution in [3.05, 3.63) is 58.6 Å². The van der Waals surface area contributed by atoms with Crippen molar-refractivity contribution in [3.63, 3.8) is 0 Å².